The van der Waals surface area contributed by atoms with Crippen LogP contribution >= 0.6 is 11.3 Å². The van der Waals surface area contributed by atoms with Gasteiger partial charge in [0.2, 0.25) is 5.91 Å². The quantitative estimate of drug-likeness (QED) is 0.309. The van der Waals surface area contributed by atoms with Crippen molar-refractivity contribution >= 4 is 23.1 Å². The Hall–Kier alpha value is -1.63. The van der Waals surface area contributed by atoms with E-state index in [-0.39, 0.29) is 11.7 Å². The monoisotopic (exact) mass is 242 g/mol. The molecule has 0 bridgehead atoms. The summed E-state index contributed by atoms with van der Waals surface area (Å²) >= 11 is 1.52. The highest BCUT2D eigenvalue weighted by molar-refractivity contribution is 7.11. The number of aromatic nitrogens is 1. The summed E-state index contributed by atoms with van der Waals surface area (Å²) in [5.74, 6) is -1.04. The summed E-state index contributed by atoms with van der Waals surface area (Å²) in [6.07, 6.45) is 1.75. The van der Waals surface area contributed by atoms with Crippen molar-refractivity contribution in [2.45, 2.75) is 20.4 Å². The van der Waals surface area contributed by atoms with E-state index in [4.69, 9.17) is 10.9 Å². The molecule has 4 N–H and O–H groups in total. The van der Waals surface area contributed by atoms with Gasteiger partial charge in [-0.15, -0.1) is 11.3 Å². The van der Waals surface area contributed by atoms with Crippen molar-refractivity contribution in [2.24, 2.45) is 16.8 Å². The number of hydrogen-bond acceptors (Lipinski definition) is 5. The summed E-state index contributed by atoms with van der Waals surface area (Å²) in [6, 6.07) is 0. The fourth-order valence-corrected chi connectivity index (χ4v) is 1.75. The first-order chi connectivity index (χ1) is 7.54. The maximum atomic E-state index is 11.5. The number of nitrogens with one attached hydrogen (secondary N) is 1. The van der Waals surface area contributed by atoms with Crippen LogP contribution in [0.1, 0.15) is 16.8 Å². The zero-order chi connectivity index (χ0) is 12.1. The smallest absolute Gasteiger partial charge is 0.230 e. The Balaban J connectivity index is 2.47. The molecule has 0 aliphatic rings. The topological polar surface area (TPSA) is 101 Å². The van der Waals surface area contributed by atoms with Gasteiger partial charge in [-0.1, -0.05) is 5.16 Å². The number of thiazole rings is 1. The van der Waals surface area contributed by atoms with Crippen LogP contribution in [0.4, 0.5) is 0 Å². The summed E-state index contributed by atoms with van der Waals surface area (Å²) in [5.41, 5.74) is 5.32. The minimum atomic E-state index is -0.647. The number of aryl methyl sites for hydroxylation is 1. The molecule has 0 aromatic carbocycles. The van der Waals surface area contributed by atoms with Gasteiger partial charge in [-0.25, -0.2) is 4.98 Å². The van der Waals surface area contributed by atoms with Crippen molar-refractivity contribution in [3.05, 3.63) is 16.1 Å². The summed E-state index contributed by atoms with van der Waals surface area (Å²) in [4.78, 5) is 16.7. The molecular weight excluding hydrogens is 228 g/mol. The molecule has 1 rings (SSSR count). The number of nitrogens with two attached hydrogens (primary N) is 1. The van der Waals surface area contributed by atoms with E-state index >= 15 is 0 Å². The molecular formula is C9H14N4O2S. The third-order valence-electron chi connectivity index (χ3n) is 2.04. The molecule has 6 nitrogen and oxygen atoms in total. The number of carbonyl (C=O) groups excluding carboxylic acids is 1. The molecule has 0 saturated carbocycles. The second kappa shape index (κ2) is 5.45. The van der Waals surface area contributed by atoms with Crippen LogP contribution in [-0.4, -0.2) is 21.9 Å². The second-order valence-corrected chi connectivity index (χ2v) is 4.65. The average Bonchev–Trinajstić information content (AvgIpc) is 2.69. The fourth-order valence-electron chi connectivity index (χ4n) is 1.02. The number of amides is 1. The number of hydrogen-bond donors (Lipinski definition) is 3. The van der Waals surface area contributed by atoms with Crippen LogP contribution in [0.15, 0.2) is 11.4 Å². The van der Waals surface area contributed by atoms with Gasteiger partial charge in [-0.05, 0) is 13.8 Å². The van der Waals surface area contributed by atoms with Gasteiger partial charge < -0.3 is 16.3 Å². The molecule has 1 amide bonds. The van der Waals surface area contributed by atoms with E-state index in [1.807, 2.05) is 6.92 Å². The van der Waals surface area contributed by atoms with Crippen LogP contribution in [-0.2, 0) is 11.3 Å². The fraction of sp³-hybridized carbons (Fsp3) is 0.444. The molecule has 1 heterocycles. The highest BCUT2D eigenvalue weighted by Gasteiger charge is 2.17. The lowest BCUT2D eigenvalue weighted by molar-refractivity contribution is -0.122. The van der Waals surface area contributed by atoms with Gasteiger partial charge in [0.25, 0.3) is 0 Å². The van der Waals surface area contributed by atoms with Crippen LogP contribution in [0.5, 0.6) is 0 Å². The van der Waals surface area contributed by atoms with Crippen molar-refractivity contribution in [1.82, 2.24) is 10.3 Å². The summed E-state index contributed by atoms with van der Waals surface area (Å²) in [6.45, 7) is 3.87. The van der Waals surface area contributed by atoms with Gasteiger partial charge in [0.15, 0.2) is 5.84 Å². The lowest BCUT2D eigenvalue weighted by Crippen LogP contribution is -2.36. The third-order valence-corrected chi connectivity index (χ3v) is 2.95. The highest BCUT2D eigenvalue weighted by Crippen LogP contribution is 2.10. The van der Waals surface area contributed by atoms with E-state index in [0.29, 0.717) is 6.54 Å². The number of carbonyl (C=O) groups is 1. The molecule has 1 aromatic rings. The molecule has 1 atom stereocenters. The first kappa shape index (κ1) is 12.4. The molecule has 0 radical (unpaired) electrons. The first-order valence-electron chi connectivity index (χ1n) is 4.71. The van der Waals surface area contributed by atoms with Gasteiger partial charge in [-0.2, -0.15) is 0 Å². The van der Waals surface area contributed by atoms with Crippen LogP contribution in [0.3, 0.4) is 0 Å². The van der Waals surface area contributed by atoms with Crippen molar-refractivity contribution in [3.8, 4) is 0 Å². The van der Waals surface area contributed by atoms with Gasteiger partial charge in [0, 0.05) is 11.1 Å². The maximum Gasteiger partial charge on any atom is 0.230 e. The molecule has 16 heavy (non-hydrogen) atoms. The van der Waals surface area contributed by atoms with Crippen molar-refractivity contribution in [2.75, 3.05) is 0 Å². The first-order valence-corrected chi connectivity index (χ1v) is 5.52. The van der Waals surface area contributed by atoms with E-state index in [2.05, 4.69) is 15.5 Å². The van der Waals surface area contributed by atoms with E-state index < -0.39 is 5.92 Å². The van der Waals surface area contributed by atoms with Gasteiger partial charge >= 0.3 is 0 Å². The largest absolute Gasteiger partial charge is 0.409 e. The molecule has 0 fully saturated rings. The predicted molar refractivity (Wildman–Crippen MR) is 61.3 cm³/mol. The standard InChI is InChI=1S/C9H14N4O2S/c1-5-3-11-7(16-5)4-12-9(14)6(2)8(10)13-15/h3,6,15H,4H2,1-2H3,(H2,10,13)(H,12,14). The van der Waals surface area contributed by atoms with E-state index in [9.17, 15) is 4.79 Å². The Morgan fingerprint density at radius 1 is 1.81 bits per heavy atom. The number of amidine groups is 1. The average molecular weight is 242 g/mol. The SMILES string of the molecule is Cc1cnc(CNC(=O)C(C)/C(N)=N/O)s1. The minimum absolute atomic E-state index is 0.104. The molecule has 1 unspecified atom stereocenters. The van der Waals surface area contributed by atoms with E-state index in [1.165, 1.54) is 11.3 Å². The number of rotatable bonds is 4. The molecule has 0 aliphatic carbocycles. The molecule has 88 valence electrons. The van der Waals surface area contributed by atoms with Gasteiger partial charge in [0.1, 0.15) is 5.01 Å². The molecule has 0 spiro atoms. The molecule has 7 heteroatoms. The molecule has 1 aromatic heterocycles. The highest BCUT2D eigenvalue weighted by atomic mass is 32.1. The van der Waals surface area contributed by atoms with Crippen LogP contribution in [0, 0.1) is 12.8 Å². The Morgan fingerprint density at radius 2 is 2.50 bits per heavy atom. The van der Waals surface area contributed by atoms with Crippen molar-refractivity contribution in [1.29, 1.82) is 0 Å². The lowest BCUT2D eigenvalue weighted by atomic mass is 10.1. The molecule has 0 saturated heterocycles. The zero-order valence-corrected chi connectivity index (χ0v) is 9.91. The number of nitrogens with zero attached hydrogens (tertiary/aromatic N) is 2. The normalized spacial score (nSPS) is 13.5. The third kappa shape index (κ3) is 3.20. The zero-order valence-electron chi connectivity index (χ0n) is 9.10. The summed E-state index contributed by atoms with van der Waals surface area (Å²) in [5, 5.41) is 14.7. The van der Waals surface area contributed by atoms with Gasteiger partial charge in [0.05, 0.1) is 12.5 Å². The second-order valence-electron chi connectivity index (χ2n) is 3.33. The predicted octanol–water partition coefficient (Wildman–Crippen LogP) is 0.450. The van der Waals surface area contributed by atoms with Crippen LogP contribution in [0.25, 0.3) is 0 Å². The Bertz CT molecular complexity index is 402. The van der Waals surface area contributed by atoms with Crippen LogP contribution in [0.2, 0.25) is 0 Å². The maximum absolute atomic E-state index is 11.5. The molecule has 0 aliphatic heterocycles. The Morgan fingerprint density at radius 3 is 3.00 bits per heavy atom. The Kier molecular flexibility index (Phi) is 4.24. The minimum Gasteiger partial charge on any atom is -0.409 e. The summed E-state index contributed by atoms with van der Waals surface area (Å²) in [7, 11) is 0. The number of oxime groups is 1. The van der Waals surface area contributed by atoms with Crippen molar-refractivity contribution < 1.29 is 10.0 Å². The van der Waals surface area contributed by atoms with Gasteiger partial charge in [-0.3, -0.25) is 4.79 Å². The van der Waals surface area contributed by atoms with E-state index in [1.54, 1.807) is 13.1 Å². The summed E-state index contributed by atoms with van der Waals surface area (Å²) < 4.78 is 0. The van der Waals surface area contributed by atoms with Crippen molar-refractivity contribution in [3.63, 3.8) is 0 Å². The van der Waals surface area contributed by atoms with E-state index in [0.717, 1.165) is 9.88 Å². The van der Waals surface area contributed by atoms with Crippen LogP contribution < -0.4 is 11.1 Å². The lowest BCUT2D eigenvalue weighted by Gasteiger charge is -2.09. The Labute approximate surface area is 97.2 Å².